The van der Waals surface area contributed by atoms with Crippen LogP contribution in [0.2, 0.25) is 0 Å². The fourth-order valence-corrected chi connectivity index (χ4v) is 5.86. The van der Waals surface area contributed by atoms with Crippen molar-refractivity contribution in [3.8, 4) is 5.75 Å². The van der Waals surface area contributed by atoms with E-state index in [1.165, 1.54) is 5.56 Å². The minimum absolute atomic E-state index is 0.0651. The molecule has 3 N–H and O–H groups in total. The van der Waals surface area contributed by atoms with Gasteiger partial charge in [0.2, 0.25) is 0 Å². The Bertz CT molecular complexity index is 584. The van der Waals surface area contributed by atoms with E-state index in [0.29, 0.717) is 23.5 Å². The van der Waals surface area contributed by atoms with E-state index in [9.17, 15) is 15.3 Å². The second-order valence-electron chi connectivity index (χ2n) is 7.94. The highest BCUT2D eigenvalue weighted by Gasteiger charge is 2.55. The Labute approximate surface area is 132 Å². The van der Waals surface area contributed by atoms with Crippen molar-refractivity contribution in [1.82, 2.24) is 0 Å². The van der Waals surface area contributed by atoms with E-state index < -0.39 is 0 Å². The summed E-state index contributed by atoms with van der Waals surface area (Å²) in [6.07, 6.45) is 5.08. The molecule has 0 bridgehead atoms. The molecular weight excluding hydrogens is 276 g/mol. The molecule has 6 atom stereocenters. The molecule has 3 heteroatoms. The summed E-state index contributed by atoms with van der Waals surface area (Å²) < 4.78 is 0. The van der Waals surface area contributed by atoms with Crippen molar-refractivity contribution >= 4 is 0 Å². The lowest BCUT2D eigenvalue weighted by Crippen LogP contribution is -2.44. The third-order valence-corrected chi connectivity index (χ3v) is 7.07. The highest BCUT2D eigenvalue weighted by atomic mass is 16.3. The molecule has 3 nitrogen and oxygen atoms in total. The zero-order valence-corrected chi connectivity index (χ0v) is 13.2. The Morgan fingerprint density at radius 2 is 2.00 bits per heavy atom. The summed E-state index contributed by atoms with van der Waals surface area (Å²) in [6.45, 7) is 2.41. The van der Waals surface area contributed by atoms with Gasteiger partial charge in [-0.25, -0.2) is 0 Å². The quantitative estimate of drug-likeness (QED) is 0.747. The largest absolute Gasteiger partial charge is 0.508 e. The molecule has 1 aromatic carbocycles. The van der Waals surface area contributed by atoms with Crippen molar-refractivity contribution in [1.29, 1.82) is 0 Å². The van der Waals surface area contributed by atoms with E-state index in [2.05, 4.69) is 13.0 Å². The lowest BCUT2D eigenvalue weighted by molar-refractivity contribution is -0.0265. The molecule has 4 rings (SSSR count). The van der Waals surface area contributed by atoms with Crippen molar-refractivity contribution in [2.45, 2.75) is 57.0 Å². The average molecular weight is 302 g/mol. The van der Waals surface area contributed by atoms with Gasteiger partial charge in [0.05, 0.1) is 6.10 Å². The molecule has 1 aromatic rings. The predicted octanol–water partition coefficient (Wildman–Crippen LogP) is 3.14. The van der Waals surface area contributed by atoms with Crippen LogP contribution in [0.15, 0.2) is 18.2 Å². The minimum Gasteiger partial charge on any atom is -0.508 e. The first kappa shape index (κ1) is 14.5. The van der Waals surface area contributed by atoms with Crippen LogP contribution in [-0.4, -0.2) is 28.0 Å². The van der Waals surface area contributed by atoms with Gasteiger partial charge in [-0.1, -0.05) is 13.0 Å². The molecule has 0 heterocycles. The molecule has 0 amide bonds. The third-order valence-electron chi connectivity index (χ3n) is 7.07. The summed E-state index contributed by atoms with van der Waals surface area (Å²) in [7, 11) is 0. The van der Waals surface area contributed by atoms with Crippen LogP contribution in [0, 0.1) is 17.3 Å². The number of fused-ring (bicyclic) bond motifs is 5. The fraction of sp³-hybridized carbons (Fsp3) is 0.684. The third kappa shape index (κ3) is 1.88. The van der Waals surface area contributed by atoms with Crippen LogP contribution in [0.3, 0.4) is 0 Å². The monoisotopic (exact) mass is 302 g/mol. The number of aliphatic hydroxyl groups excluding tert-OH is 2. The van der Waals surface area contributed by atoms with Crippen LogP contribution >= 0.6 is 0 Å². The molecule has 3 aliphatic carbocycles. The molecule has 0 aromatic heterocycles. The van der Waals surface area contributed by atoms with E-state index in [-0.39, 0.29) is 24.0 Å². The van der Waals surface area contributed by atoms with Crippen LogP contribution in [-0.2, 0) is 0 Å². The number of aromatic hydroxyl groups is 1. The van der Waals surface area contributed by atoms with Gasteiger partial charge in [-0.15, -0.1) is 0 Å². The zero-order valence-electron chi connectivity index (χ0n) is 13.2. The average Bonchev–Trinajstić information content (AvgIpc) is 2.82. The maximum Gasteiger partial charge on any atom is 0.115 e. The number of phenolic OH excluding ortho intramolecular Hbond substituents is 1. The Balaban J connectivity index is 1.76. The lowest BCUT2D eigenvalue weighted by Gasteiger charge is -2.51. The number of hydrogen-bond acceptors (Lipinski definition) is 3. The van der Waals surface area contributed by atoms with Crippen LogP contribution < -0.4 is 0 Å². The Hall–Kier alpha value is -1.06. The molecule has 3 aliphatic rings. The van der Waals surface area contributed by atoms with Crippen molar-refractivity contribution in [2.24, 2.45) is 17.3 Å². The Morgan fingerprint density at radius 3 is 2.77 bits per heavy atom. The Morgan fingerprint density at radius 1 is 1.18 bits per heavy atom. The van der Waals surface area contributed by atoms with Crippen LogP contribution in [0.1, 0.15) is 62.0 Å². The van der Waals surface area contributed by atoms with E-state index in [0.717, 1.165) is 37.7 Å². The van der Waals surface area contributed by atoms with E-state index in [1.54, 1.807) is 6.07 Å². The smallest absolute Gasteiger partial charge is 0.115 e. The molecular formula is C19H26O3. The van der Waals surface area contributed by atoms with Crippen LogP contribution in [0.5, 0.6) is 5.75 Å². The van der Waals surface area contributed by atoms with Crippen LogP contribution in [0.4, 0.5) is 0 Å². The van der Waals surface area contributed by atoms with Gasteiger partial charge in [0, 0.05) is 12.5 Å². The molecule has 0 aliphatic heterocycles. The SMILES string of the molecule is C[C@]12CCC3c4ccc(O)cc4C(CO)CC3C1CC[C@@H]2O. The summed E-state index contributed by atoms with van der Waals surface area (Å²) in [6, 6.07) is 5.70. The fourth-order valence-electron chi connectivity index (χ4n) is 5.86. The van der Waals surface area contributed by atoms with Gasteiger partial charge < -0.3 is 15.3 Å². The molecule has 0 spiro atoms. The topological polar surface area (TPSA) is 60.7 Å². The number of rotatable bonds is 1. The van der Waals surface area contributed by atoms with Gasteiger partial charge in [0.15, 0.2) is 0 Å². The number of phenols is 1. The van der Waals surface area contributed by atoms with Gasteiger partial charge >= 0.3 is 0 Å². The molecule has 0 radical (unpaired) electrons. The van der Waals surface area contributed by atoms with Crippen LogP contribution in [0.25, 0.3) is 0 Å². The van der Waals surface area contributed by atoms with Crippen molar-refractivity contribution < 1.29 is 15.3 Å². The normalized spacial score (nSPS) is 43.3. The maximum atomic E-state index is 10.4. The molecule has 0 saturated heterocycles. The van der Waals surface area contributed by atoms with E-state index in [1.807, 2.05) is 6.07 Å². The van der Waals surface area contributed by atoms with Crippen molar-refractivity contribution in [3.63, 3.8) is 0 Å². The van der Waals surface area contributed by atoms with E-state index in [4.69, 9.17) is 0 Å². The summed E-state index contributed by atoms with van der Waals surface area (Å²) >= 11 is 0. The summed E-state index contributed by atoms with van der Waals surface area (Å²) in [5, 5.41) is 30.1. The van der Waals surface area contributed by atoms with Gasteiger partial charge in [0.25, 0.3) is 0 Å². The molecule has 120 valence electrons. The van der Waals surface area contributed by atoms with Crippen molar-refractivity contribution in [3.05, 3.63) is 29.3 Å². The standard InChI is InChI=1S/C19H26O3/c1-19-7-6-14-13-3-2-12(21)9-15(13)11(10-20)8-16(14)17(19)4-5-18(19)22/h2-3,9,11,14,16-18,20-22H,4-8,10H2,1H3/t11?,14?,16?,17?,18-,19-/m0/s1. The Kier molecular flexibility index (Phi) is 3.28. The first-order valence-corrected chi connectivity index (χ1v) is 8.66. The van der Waals surface area contributed by atoms with Gasteiger partial charge in [0.1, 0.15) is 5.75 Å². The number of benzene rings is 1. The first-order chi connectivity index (χ1) is 10.5. The predicted molar refractivity (Wildman–Crippen MR) is 84.9 cm³/mol. The summed E-state index contributed by atoms with van der Waals surface area (Å²) in [5.41, 5.74) is 2.54. The van der Waals surface area contributed by atoms with Gasteiger partial charge in [-0.3, -0.25) is 0 Å². The zero-order chi connectivity index (χ0) is 15.5. The number of hydrogen-bond donors (Lipinski definition) is 3. The maximum absolute atomic E-state index is 10.4. The van der Waals surface area contributed by atoms with Crippen molar-refractivity contribution in [2.75, 3.05) is 6.61 Å². The highest BCUT2D eigenvalue weighted by Crippen LogP contribution is 2.62. The molecule has 2 saturated carbocycles. The molecule has 2 fully saturated rings. The van der Waals surface area contributed by atoms with Gasteiger partial charge in [-0.2, -0.15) is 0 Å². The summed E-state index contributed by atoms with van der Waals surface area (Å²) in [5.74, 6) is 2.08. The van der Waals surface area contributed by atoms with Gasteiger partial charge in [-0.05, 0) is 78.5 Å². The van der Waals surface area contributed by atoms with E-state index >= 15 is 0 Å². The molecule has 4 unspecified atom stereocenters. The second kappa shape index (κ2) is 4.97. The number of aliphatic hydroxyl groups is 2. The second-order valence-corrected chi connectivity index (χ2v) is 7.94. The summed E-state index contributed by atoms with van der Waals surface area (Å²) in [4.78, 5) is 0. The lowest BCUT2D eigenvalue weighted by atomic mass is 9.54. The highest BCUT2D eigenvalue weighted by molar-refractivity contribution is 5.42. The first-order valence-electron chi connectivity index (χ1n) is 8.66. The minimum atomic E-state index is -0.160. The molecule has 22 heavy (non-hydrogen) atoms.